The third kappa shape index (κ3) is 4.69. The number of amides is 3. The SMILES string of the molecule is CN(C)CCN1C(=O)C[C@@](CC(=O)N2CCCC[C@H]2c2nccs2)(c2ccccc2Cl)C1=O. The van der Waals surface area contributed by atoms with Gasteiger partial charge < -0.3 is 9.80 Å². The fraction of sp³-hybridized carbons (Fsp3) is 0.500. The van der Waals surface area contributed by atoms with Crippen molar-refractivity contribution in [3.05, 3.63) is 51.4 Å². The van der Waals surface area contributed by atoms with E-state index in [4.69, 9.17) is 11.6 Å². The number of benzene rings is 1. The minimum absolute atomic E-state index is 0.0511. The quantitative estimate of drug-likeness (QED) is 0.558. The van der Waals surface area contributed by atoms with Crippen LogP contribution < -0.4 is 0 Å². The van der Waals surface area contributed by atoms with Crippen LogP contribution in [-0.2, 0) is 19.8 Å². The van der Waals surface area contributed by atoms with Gasteiger partial charge in [0.05, 0.1) is 11.5 Å². The van der Waals surface area contributed by atoms with Gasteiger partial charge in [0, 0.05) is 49.1 Å². The average molecular weight is 489 g/mol. The number of piperidine rings is 1. The van der Waals surface area contributed by atoms with Gasteiger partial charge >= 0.3 is 0 Å². The highest BCUT2D eigenvalue weighted by atomic mass is 35.5. The Labute approximate surface area is 203 Å². The number of nitrogens with zero attached hydrogens (tertiary/aromatic N) is 4. The predicted octanol–water partition coefficient (Wildman–Crippen LogP) is 3.50. The molecule has 0 aliphatic carbocycles. The number of likely N-dealkylation sites (tertiary alicyclic amines) is 2. The highest BCUT2D eigenvalue weighted by Gasteiger charge is 2.55. The Bertz CT molecular complexity index is 1030. The lowest BCUT2D eigenvalue weighted by Gasteiger charge is -2.37. The number of imide groups is 1. The zero-order valence-electron chi connectivity index (χ0n) is 19.0. The van der Waals surface area contributed by atoms with Crippen LogP contribution in [0, 0.1) is 0 Å². The molecule has 2 aromatic rings. The summed E-state index contributed by atoms with van der Waals surface area (Å²) >= 11 is 8.08. The first-order valence-electron chi connectivity index (χ1n) is 11.3. The molecule has 2 atom stereocenters. The molecule has 0 saturated carbocycles. The van der Waals surface area contributed by atoms with Gasteiger partial charge in [-0.2, -0.15) is 0 Å². The first kappa shape index (κ1) is 23.9. The number of aromatic nitrogens is 1. The Hall–Kier alpha value is -2.29. The summed E-state index contributed by atoms with van der Waals surface area (Å²) in [5, 5.41) is 3.23. The van der Waals surface area contributed by atoms with E-state index in [-0.39, 0.29) is 43.1 Å². The molecule has 3 heterocycles. The van der Waals surface area contributed by atoms with Crippen molar-refractivity contribution in [3.63, 3.8) is 0 Å². The molecule has 0 bridgehead atoms. The number of likely N-dealkylation sites (N-methyl/N-ethyl adjacent to an activating group) is 1. The van der Waals surface area contributed by atoms with Crippen molar-refractivity contribution < 1.29 is 14.4 Å². The maximum absolute atomic E-state index is 13.8. The van der Waals surface area contributed by atoms with E-state index in [1.54, 1.807) is 41.8 Å². The average Bonchev–Trinajstić information content (AvgIpc) is 3.40. The van der Waals surface area contributed by atoms with Gasteiger partial charge in [-0.3, -0.25) is 19.3 Å². The van der Waals surface area contributed by atoms with Crippen LogP contribution in [-0.4, -0.2) is 71.1 Å². The number of halogens is 1. The monoisotopic (exact) mass is 488 g/mol. The summed E-state index contributed by atoms with van der Waals surface area (Å²) in [4.78, 5) is 50.1. The van der Waals surface area contributed by atoms with Crippen LogP contribution in [0.3, 0.4) is 0 Å². The molecule has 176 valence electrons. The first-order valence-corrected chi connectivity index (χ1v) is 12.5. The molecule has 2 fully saturated rings. The molecule has 4 rings (SSSR count). The summed E-state index contributed by atoms with van der Waals surface area (Å²) in [6.07, 6.45) is 4.41. The number of hydrogen-bond donors (Lipinski definition) is 0. The third-order valence-electron chi connectivity index (χ3n) is 6.58. The highest BCUT2D eigenvalue weighted by Crippen LogP contribution is 2.44. The molecular weight excluding hydrogens is 460 g/mol. The van der Waals surface area contributed by atoms with Gasteiger partial charge in [0.15, 0.2) is 0 Å². The van der Waals surface area contributed by atoms with Crippen molar-refractivity contribution in [1.29, 1.82) is 0 Å². The van der Waals surface area contributed by atoms with Gasteiger partial charge in [0.2, 0.25) is 17.7 Å². The zero-order valence-corrected chi connectivity index (χ0v) is 20.6. The molecular formula is C24H29ClN4O3S. The van der Waals surface area contributed by atoms with Crippen LogP contribution in [0.1, 0.15) is 48.7 Å². The van der Waals surface area contributed by atoms with Gasteiger partial charge in [-0.25, -0.2) is 4.98 Å². The van der Waals surface area contributed by atoms with E-state index in [1.165, 1.54) is 4.90 Å². The van der Waals surface area contributed by atoms with E-state index in [0.29, 0.717) is 23.7 Å². The summed E-state index contributed by atoms with van der Waals surface area (Å²) in [7, 11) is 3.79. The molecule has 2 aliphatic heterocycles. The van der Waals surface area contributed by atoms with Crippen molar-refractivity contribution in [1.82, 2.24) is 19.7 Å². The van der Waals surface area contributed by atoms with E-state index in [9.17, 15) is 14.4 Å². The largest absolute Gasteiger partial charge is 0.333 e. The molecule has 3 amide bonds. The summed E-state index contributed by atoms with van der Waals surface area (Å²) < 4.78 is 0. The molecule has 2 saturated heterocycles. The van der Waals surface area contributed by atoms with Crippen LogP contribution in [0.25, 0.3) is 0 Å². The molecule has 0 unspecified atom stereocenters. The fourth-order valence-electron chi connectivity index (χ4n) is 4.87. The second kappa shape index (κ2) is 9.91. The molecule has 2 aliphatic rings. The van der Waals surface area contributed by atoms with Crippen LogP contribution >= 0.6 is 22.9 Å². The van der Waals surface area contributed by atoms with Crippen molar-refractivity contribution >= 4 is 40.7 Å². The molecule has 0 N–H and O–H groups in total. The Morgan fingerprint density at radius 3 is 2.76 bits per heavy atom. The lowest BCUT2D eigenvalue weighted by Crippen LogP contribution is -2.46. The van der Waals surface area contributed by atoms with Crippen molar-refractivity contribution in [2.75, 3.05) is 33.7 Å². The van der Waals surface area contributed by atoms with Crippen molar-refractivity contribution in [3.8, 4) is 0 Å². The standard InChI is InChI=1S/C24H29ClN4O3S/c1-27(2)12-13-29-21(31)16-24(23(29)32,17-7-3-4-8-18(17)25)15-20(30)28-11-6-5-9-19(28)22-26-10-14-33-22/h3-4,7-8,10,14,19H,5-6,9,11-13,15-16H2,1-2H3/t19-,24-/m0/s1. The van der Waals surface area contributed by atoms with E-state index < -0.39 is 5.41 Å². The maximum atomic E-state index is 13.8. The van der Waals surface area contributed by atoms with E-state index >= 15 is 0 Å². The van der Waals surface area contributed by atoms with Gasteiger partial charge in [-0.1, -0.05) is 29.8 Å². The van der Waals surface area contributed by atoms with E-state index in [2.05, 4.69) is 4.98 Å². The molecule has 33 heavy (non-hydrogen) atoms. The predicted molar refractivity (Wildman–Crippen MR) is 128 cm³/mol. The van der Waals surface area contributed by atoms with Crippen molar-refractivity contribution in [2.24, 2.45) is 0 Å². The van der Waals surface area contributed by atoms with Crippen molar-refractivity contribution in [2.45, 2.75) is 43.6 Å². The summed E-state index contributed by atoms with van der Waals surface area (Å²) in [5.74, 6) is -0.728. The first-order chi connectivity index (χ1) is 15.8. The summed E-state index contributed by atoms with van der Waals surface area (Å²) in [5.41, 5.74) is -0.738. The lowest BCUT2D eigenvalue weighted by molar-refractivity contribution is -0.144. The number of carbonyl (C=O) groups is 3. The molecule has 9 heteroatoms. The fourth-order valence-corrected chi connectivity index (χ4v) is 5.97. The van der Waals surface area contributed by atoms with Gasteiger partial charge in [-0.15, -0.1) is 11.3 Å². The maximum Gasteiger partial charge on any atom is 0.240 e. The van der Waals surface area contributed by atoms with Crippen LogP contribution in [0.2, 0.25) is 5.02 Å². The van der Waals surface area contributed by atoms with E-state index in [1.807, 2.05) is 29.3 Å². The number of rotatable bonds is 7. The summed E-state index contributed by atoms with van der Waals surface area (Å²) in [6.45, 7) is 1.47. The van der Waals surface area contributed by atoms with Crippen LogP contribution in [0.15, 0.2) is 35.8 Å². The molecule has 1 aromatic carbocycles. The summed E-state index contributed by atoms with van der Waals surface area (Å²) in [6, 6.07) is 6.97. The molecule has 7 nitrogen and oxygen atoms in total. The number of hydrogen-bond acceptors (Lipinski definition) is 6. The lowest BCUT2D eigenvalue weighted by atomic mass is 9.75. The number of carbonyl (C=O) groups excluding carboxylic acids is 3. The highest BCUT2D eigenvalue weighted by molar-refractivity contribution is 7.09. The molecule has 0 spiro atoms. The second-order valence-corrected chi connectivity index (χ2v) is 10.4. The zero-order chi connectivity index (χ0) is 23.6. The van der Waals surface area contributed by atoms with Gasteiger partial charge in [0.1, 0.15) is 5.01 Å². The Morgan fingerprint density at radius 2 is 2.06 bits per heavy atom. The Balaban J connectivity index is 1.68. The van der Waals surface area contributed by atoms with Gasteiger partial charge in [0.25, 0.3) is 0 Å². The second-order valence-electron chi connectivity index (χ2n) is 9.04. The normalized spacial score (nSPS) is 23.6. The minimum atomic E-state index is -1.29. The minimum Gasteiger partial charge on any atom is -0.333 e. The molecule has 1 aromatic heterocycles. The molecule has 0 radical (unpaired) electrons. The smallest absolute Gasteiger partial charge is 0.240 e. The number of thiazole rings is 1. The Kier molecular flexibility index (Phi) is 7.16. The van der Waals surface area contributed by atoms with Crippen LogP contribution in [0.4, 0.5) is 0 Å². The topological polar surface area (TPSA) is 73.8 Å². The van der Waals surface area contributed by atoms with E-state index in [0.717, 1.165) is 24.3 Å². The third-order valence-corrected chi connectivity index (χ3v) is 7.79. The van der Waals surface area contributed by atoms with Gasteiger partial charge in [-0.05, 0) is 45.0 Å². The Morgan fingerprint density at radius 1 is 1.27 bits per heavy atom. The van der Waals surface area contributed by atoms with Crippen LogP contribution in [0.5, 0.6) is 0 Å².